The predicted octanol–water partition coefficient (Wildman–Crippen LogP) is 4.72. The van der Waals surface area contributed by atoms with E-state index in [0.29, 0.717) is 46.7 Å². The van der Waals surface area contributed by atoms with E-state index in [2.05, 4.69) is 15.4 Å². The first-order chi connectivity index (χ1) is 18.5. The van der Waals surface area contributed by atoms with Gasteiger partial charge in [-0.25, -0.2) is 19.3 Å². The standard InChI is InChI=1S/C26H33ClN6O6/c1-26(2,3)39-25(35)32-9-11-37-21-13-19(20(36-6)12-18(21)32)33-17-14-22(27)28-15-16(17)23(30-33)29-24(34)38-10-7-8-31(4)5/h12-15H,7-11H2,1-6H3,(H,29,30,34). The molecule has 0 fully saturated rings. The Labute approximate surface area is 231 Å². The zero-order chi connectivity index (χ0) is 28.3. The summed E-state index contributed by atoms with van der Waals surface area (Å²) in [5, 5.41) is 8.09. The molecule has 2 amide bonds. The zero-order valence-electron chi connectivity index (χ0n) is 22.9. The Morgan fingerprint density at radius 2 is 1.97 bits per heavy atom. The SMILES string of the molecule is COc1cc2c(cc1-n1nc(NC(=O)OCCCN(C)C)c3cnc(Cl)cc31)OCCN2C(=O)OC(C)(C)C. The molecule has 2 aromatic heterocycles. The molecule has 3 aromatic rings. The van der Waals surface area contributed by atoms with E-state index in [1.165, 1.54) is 18.2 Å². The van der Waals surface area contributed by atoms with Crippen LogP contribution in [-0.4, -0.2) is 85.0 Å². The minimum absolute atomic E-state index is 0.239. The molecule has 0 atom stereocenters. The number of hydrogen-bond acceptors (Lipinski definition) is 9. The Morgan fingerprint density at radius 3 is 2.67 bits per heavy atom. The molecular formula is C26H33ClN6O6. The largest absolute Gasteiger partial charge is 0.494 e. The van der Waals surface area contributed by atoms with Crippen molar-refractivity contribution in [3.05, 3.63) is 29.5 Å². The van der Waals surface area contributed by atoms with E-state index in [9.17, 15) is 9.59 Å². The van der Waals surface area contributed by atoms with E-state index in [1.54, 1.807) is 22.9 Å². The zero-order valence-corrected chi connectivity index (χ0v) is 23.7. The lowest BCUT2D eigenvalue weighted by Crippen LogP contribution is -2.41. The first kappa shape index (κ1) is 28.2. The lowest BCUT2D eigenvalue weighted by atomic mass is 10.2. The Kier molecular flexibility index (Phi) is 8.36. The monoisotopic (exact) mass is 560 g/mol. The fourth-order valence-electron chi connectivity index (χ4n) is 4.01. The van der Waals surface area contributed by atoms with Gasteiger partial charge in [-0.1, -0.05) is 11.6 Å². The summed E-state index contributed by atoms with van der Waals surface area (Å²) in [4.78, 5) is 33.0. The van der Waals surface area contributed by atoms with Gasteiger partial charge in [-0.15, -0.1) is 5.10 Å². The quantitative estimate of drug-likeness (QED) is 0.323. The molecule has 0 aliphatic carbocycles. The number of rotatable bonds is 7. The predicted molar refractivity (Wildman–Crippen MR) is 148 cm³/mol. The van der Waals surface area contributed by atoms with Gasteiger partial charge >= 0.3 is 12.2 Å². The van der Waals surface area contributed by atoms with Gasteiger partial charge in [-0.3, -0.25) is 10.2 Å². The molecule has 39 heavy (non-hydrogen) atoms. The Balaban J connectivity index is 1.70. The van der Waals surface area contributed by atoms with Gasteiger partial charge in [-0.05, 0) is 41.3 Å². The molecule has 0 radical (unpaired) electrons. The number of pyridine rings is 1. The second kappa shape index (κ2) is 11.5. The number of fused-ring (bicyclic) bond motifs is 2. The van der Waals surface area contributed by atoms with Gasteiger partial charge in [-0.2, -0.15) is 0 Å². The van der Waals surface area contributed by atoms with Crippen LogP contribution in [0.15, 0.2) is 24.4 Å². The average Bonchev–Trinajstić information content (AvgIpc) is 3.21. The molecule has 1 aliphatic heterocycles. The molecule has 0 saturated heterocycles. The van der Waals surface area contributed by atoms with Crippen molar-refractivity contribution in [1.29, 1.82) is 0 Å². The molecule has 210 valence electrons. The summed E-state index contributed by atoms with van der Waals surface area (Å²) >= 11 is 6.22. The molecule has 0 unspecified atom stereocenters. The molecule has 1 N–H and O–H groups in total. The lowest BCUT2D eigenvalue weighted by Gasteiger charge is -2.32. The van der Waals surface area contributed by atoms with E-state index in [-0.39, 0.29) is 24.2 Å². The maximum Gasteiger partial charge on any atom is 0.415 e. The normalized spacial score (nSPS) is 13.2. The van der Waals surface area contributed by atoms with Gasteiger partial charge in [0.1, 0.15) is 34.5 Å². The fourth-order valence-corrected chi connectivity index (χ4v) is 4.16. The van der Waals surface area contributed by atoms with Crippen LogP contribution in [0.25, 0.3) is 16.6 Å². The molecule has 1 aromatic carbocycles. The fraction of sp³-hybridized carbons (Fsp3) is 0.462. The number of nitrogens with zero attached hydrogens (tertiary/aromatic N) is 5. The van der Waals surface area contributed by atoms with E-state index in [1.807, 2.05) is 39.8 Å². The van der Waals surface area contributed by atoms with Gasteiger partial charge < -0.3 is 23.8 Å². The number of hydrogen-bond donors (Lipinski definition) is 1. The molecule has 1 aliphatic rings. The Bertz CT molecular complexity index is 1370. The minimum Gasteiger partial charge on any atom is -0.494 e. The van der Waals surface area contributed by atoms with Crippen LogP contribution in [0, 0.1) is 0 Å². The summed E-state index contributed by atoms with van der Waals surface area (Å²) in [5.74, 6) is 1.09. The van der Waals surface area contributed by atoms with Crippen molar-refractivity contribution in [1.82, 2.24) is 19.7 Å². The van der Waals surface area contributed by atoms with Crippen LogP contribution in [0.4, 0.5) is 21.1 Å². The summed E-state index contributed by atoms with van der Waals surface area (Å²) in [6, 6.07) is 5.04. The topological polar surface area (TPSA) is 120 Å². The smallest absolute Gasteiger partial charge is 0.415 e. The third kappa shape index (κ3) is 6.63. The lowest BCUT2D eigenvalue weighted by molar-refractivity contribution is 0.0567. The molecule has 0 saturated carbocycles. The minimum atomic E-state index is -0.655. The van der Waals surface area contributed by atoms with Gasteiger partial charge in [0, 0.05) is 30.9 Å². The summed E-state index contributed by atoms with van der Waals surface area (Å²) in [5.41, 5.74) is 0.919. The molecule has 0 spiro atoms. The number of carbonyl (C=O) groups is 2. The summed E-state index contributed by atoms with van der Waals surface area (Å²) in [7, 11) is 5.41. The number of ether oxygens (including phenoxy) is 4. The van der Waals surface area contributed by atoms with E-state index in [0.717, 1.165) is 6.54 Å². The highest BCUT2D eigenvalue weighted by Gasteiger charge is 2.30. The van der Waals surface area contributed by atoms with Gasteiger partial charge in [0.15, 0.2) is 5.82 Å². The summed E-state index contributed by atoms with van der Waals surface area (Å²) < 4.78 is 24.0. The van der Waals surface area contributed by atoms with Crippen LogP contribution in [0.5, 0.6) is 11.5 Å². The highest BCUT2D eigenvalue weighted by Crippen LogP contribution is 2.41. The number of carbonyl (C=O) groups excluding carboxylic acids is 2. The first-order valence-corrected chi connectivity index (χ1v) is 12.8. The number of halogens is 1. The molecule has 0 bridgehead atoms. The van der Waals surface area contributed by atoms with Crippen LogP contribution >= 0.6 is 11.6 Å². The van der Waals surface area contributed by atoms with E-state index < -0.39 is 17.8 Å². The number of methoxy groups -OCH3 is 1. The highest BCUT2D eigenvalue weighted by molar-refractivity contribution is 6.30. The van der Waals surface area contributed by atoms with Crippen molar-refractivity contribution in [2.24, 2.45) is 0 Å². The summed E-state index contributed by atoms with van der Waals surface area (Å²) in [6.07, 6.45) is 1.09. The first-order valence-electron chi connectivity index (χ1n) is 12.5. The maximum atomic E-state index is 12.9. The molecular weight excluding hydrogens is 528 g/mol. The number of amides is 2. The van der Waals surface area contributed by atoms with Crippen molar-refractivity contribution in [2.45, 2.75) is 32.8 Å². The van der Waals surface area contributed by atoms with Crippen molar-refractivity contribution < 1.29 is 28.5 Å². The Morgan fingerprint density at radius 1 is 1.21 bits per heavy atom. The third-order valence-electron chi connectivity index (χ3n) is 5.70. The number of anilines is 2. The number of aromatic nitrogens is 3. The van der Waals surface area contributed by atoms with Gasteiger partial charge in [0.25, 0.3) is 0 Å². The van der Waals surface area contributed by atoms with Crippen LogP contribution in [-0.2, 0) is 9.47 Å². The van der Waals surface area contributed by atoms with Crippen LogP contribution in [0.3, 0.4) is 0 Å². The van der Waals surface area contributed by atoms with Crippen LogP contribution in [0.2, 0.25) is 5.15 Å². The number of nitrogens with one attached hydrogen (secondary N) is 1. The molecule has 12 nitrogen and oxygen atoms in total. The van der Waals surface area contributed by atoms with Gasteiger partial charge in [0.05, 0.1) is 36.9 Å². The van der Waals surface area contributed by atoms with Crippen molar-refractivity contribution in [2.75, 3.05) is 57.7 Å². The second-order valence-electron chi connectivity index (χ2n) is 10.2. The van der Waals surface area contributed by atoms with Crippen LogP contribution < -0.4 is 19.7 Å². The third-order valence-corrected chi connectivity index (χ3v) is 5.91. The van der Waals surface area contributed by atoms with Crippen molar-refractivity contribution in [3.8, 4) is 17.2 Å². The molecule has 3 heterocycles. The van der Waals surface area contributed by atoms with Crippen molar-refractivity contribution >= 4 is 46.2 Å². The maximum absolute atomic E-state index is 12.9. The van der Waals surface area contributed by atoms with E-state index in [4.69, 9.17) is 30.5 Å². The number of benzene rings is 1. The van der Waals surface area contributed by atoms with Crippen molar-refractivity contribution in [3.63, 3.8) is 0 Å². The average molecular weight is 561 g/mol. The highest BCUT2D eigenvalue weighted by atomic mass is 35.5. The second-order valence-corrected chi connectivity index (χ2v) is 10.6. The van der Waals surface area contributed by atoms with Crippen LogP contribution in [0.1, 0.15) is 27.2 Å². The summed E-state index contributed by atoms with van der Waals surface area (Å²) in [6.45, 7) is 7.08. The van der Waals surface area contributed by atoms with Gasteiger partial charge in [0.2, 0.25) is 0 Å². The molecule has 4 rings (SSSR count). The molecule has 13 heteroatoms. The van der Waals surface area contributed by atoms with E-state index >= 15 is 0 Å². The Hall–Kier alpha value is -3.77.